The van der Waals surface area contributed by atoms with Crippen molar-refractivity contribution >= 4 is 39.1 Å². The van der Waals surface area contributed by atoms with Crippen LogP contribution in [0.3, 0.4) is 0 Å². The molecule has 0 spiro atoms. The van der Waals surface area contributed by atoms with Crippen LogP contribution in [-0.2, 0) is 4.74 Å². The number of anilines is 3. The average Bonchev–Trinajstić information content (AvgIpc) is 3.53. The molecule has 44 heavy (non-hydrogen) atoms. The summed E-state index contributed by atoms with van der Waals surface area (Å²) in [4.78, 5) is 16.5. The lowest BCUT2D eigenvalue weighted by atomic mass is 9.95. The Morgan fingerprint density at radius 3 is 2.23 bits per heavy atom. The number of hydrogen-bond acceptors (Lipinski definition) is 7. The number of allylic oxidation sites excluding steroid dienone is 1. The summed E-state index contributed by atoms with van der Waals surface area (Å²) < 4.78 is 13.5. The highest BCUT2D eigenvalue weighted by Gasteiger charge is 2.21. The summed E-state index contributed by atoms with van der Waals surface area (Å²) >= 11 is 0. The number of benzene rings is 3. The van der Waals surface area contributed by atoms with E-state index in [0.29, 0.717) is 17.9 Å². The molecule has 0 amide bonds. The van der Waals surface area contributed by atoms with Gasteiger partial charge in [-0.05, 0) is 60.4 Å². The third-order valence-corrected chi connectivity index (χ3v) is 8.26. The Balaban J connectivity index is 0.000000289. The summed E-state index contributed by atoms with van der Waals surface area (Å²) in [5.74, 6) is 0.664. The molecule has 0 atom stereocenters. The highest BCUT2D eigenvalue weighted by Crippen LogP contribution is 2.33. The van der Waals surface area contributed by atoms with Crippen molar-refractivity contribution in [2.75, 3.05) is 36.5 Å². The van der Waals surface area contributed by atoms with Gasteiger partial charge in [-0.1, -0.05) is 81.1 Å². The molecule has 228 valence electrons. The van der Waals surface area contributed by atoms with Crippen molar-refractivity contribution < 1.29 is 9.47 Å². The fourth-order valence-electron chi connectivity index (χ4n) is 5.85. The van der Waals surface area contributed by atoms with Crippen LogP contribution in [0.15, 0.2) is 91.5 Å². The van der Waals surface area contributed by atoms with Crippen LogP contribution in [0.4, 0.5) is 17.2 Å². The number of imidazole rings is 1. The summed E-state index contributed by atoms with van der Waals surface area (Å²) in [6.45, 7) is 5.53. The third-order valence-electron chi connectivity index (χ3n) is 8.26. The molecule has 0 bridgehead atoms. The minimum Gasteiger partial charge on any atom is -0.433 e. The molecule has 1 saturated heterocycles. The number of aromatic nitrogens is 4. The molecule has 8 heteroatoms. The van der Waals surface area contributed by atoms with Crippen molar-refractivity contribution in [1.82, 2.24) is 19.5 Å². The number of ether oxygens (including phenoxy) is 2. The lowest BCUT2D eigenvalue weighted by molar-refractivity contribution is 0.122. The Morgan fingerprint density at radius 2 is 1.57 bits per heavy atom. The van der Waals surface area contributed by atoms with Crippen molar-refractivity contribution in [1.29, 1.82) is 0 Å². The van der Waals surface area contributed by atoms with E-state index in [1.54, 1.807) is 6.26 Å². The second kappa shape index (κ2) is 14.8. The van der Waals surface area contributed by atoms with Crippen molar-refractivity contribution in [3.63, 3.8) is 0 Å². The van der Waals surface area contributed by atoms with Gasteiger partial charge in [-0.3, -0.25) is 0 Å². The van der Waals surface area contributed by atoms with Gasteiger partial charge in [0.1, 0.15) is 0 Å². The van der Waals surface area contributed by atoms with Gasteiger partial charge in [-0.25, -0.2) is 4.98 Å². The van der Waals surface area contributed by atoms with Gasteiger partial charge in [0.25, 0.3) is 0 Å². The first-order valence-electron chi connectivity index (χ1n) is 16.0. The van der Waals surface area contributed by atoms with Crippen LogP contribution in [0.1, 0.15) is 57.9 Å². The first kappa shape index (κ1) is 29.6. The van der Waals surface area contributed by atoms with E-state index in [-0.39, 0.29) is 0 Å². The summed E-state index contributed by atoms with van der Waals surface area (Å²) in [7, 11) is 0. The quantitative estimate of drug-likeness (QED) is 0.182. The highest BCUT2D eigenvalue weighted by molar-refractivity contribution is 5.86. The van der Waals surface area contributed by atoms with Gasteiger partial charge >= 0.3 is 6.01 Å². The zero-order valence-corrected chi connectivity index (χ0v) is 25.6. The van der Waals surface area contributed by atoms with E-state index in [0.717, 1.165) is 68.8 Å². The van der Waals surface area contributed by atoms with Crippen LogP contribution < -0.4 is 15.0 Å². The normalized spacial score (nSPS) is 15.8. The predicted molar refractivity (Wildman–Crippen MR) is 179 cm³/mol. The molecule has 0 radical (unpaired) electrons. The summed E-state index contributed by atoms with van der Waals surface area (Å²) in [6, 6.07) is 25.9. The van der Waals surface area contributed by atoms with Crippen molar-refractivity contribution in [2.45, 2.75) is 57.9 Å². The molecule has 1 N–H and O–H groups in total. The van der Waals surface area contributed by atoms with Crippen LogP contribution in [0.5, 0.6) is 6.01 Å². The lowest BCUT2D eigenvalue weighted by Gasteiger charge is -2.28. The van der Waals surface area contributed by atoms with Gasteiger partial charge in [0.2, 0.25) is 0 Å². The molecule has 8 nitrogen and oxygen atoms in total. The Labute approximate surface area is 259 Å². The van der Waals surface area contributed by atoms with Crippen molar-refractivity contribution in [3.05, 3.63) is 91.5 Å². The zero-order valence-electron chi connectivity index (χ0n) is 25.6. The maximum absolute atomic E-state index is 5.80. The summed E-state index contributed by atoms with van der Waals surface area (Å²) in [5.41, 5.74) is 3.76. The van der Waals surface area contributed by atoms with Gasteiger partial charge in [0.15, 0.2) is 17.0 Å². The topological polar surface area (TPSA) is 77.3 Å². The minimum atomic E-state index is 0.338. The molecule has 5 aromatic rings. The van der Waals surface area contributed by atoms with Crippen molar-refractivity contribution in [2.24, 2.45) is 0 Å². The Bertz CT molecular complexity index is 1590. The van der Waals surface area contributed by atoms with Crippen LogP contribution in [0.25, 0.3) is 21.9 Å². The lowest BCUT2D eigenvalue weighted by Crippen LogP contribution is -2.36. The summed E-state index contributed by atoms with van der Waals surface area (Å²) in [6.07, 6.45) is 13.8. The standard InChI is InChI=1S/C26H34N6O2.C10H8/c1-2-3-7-16-34-26-29-24(23-25(30-26)32(19-27-23)22-8-5-4-6-9-22)28-20-10-12-21(13-11-20)31-14-17-33-18-15-31;1-2-6-10-8-4-3-7-9(10)5-1/h7,10-13,16,19,22H,2-6,8-9,14-15,17-18H2,1H3,(H,28,29,30);1-8H. The fourth-order valence-corrected chi connectivity index (χ4v) is 5.85. The molecule has 7 rings (SSSR count). The van der Waals surface area contributed by atoms with Gasteiger partial charge in [0, 0.05) is 30.5 Å². The number of morpholine rings is 1. The number of nitrogens with zero attached hydrogens (tertiary/aromatic N) is 5. The van der Waals surface area contributed by atoms with Crippen LogP contribution in [-0.4, -0.2) is 45.8 Å². The molecule has 1 aliphatic heterocycles. The minimum absolute atomic E-state index is 0.338. The SMILES string of the molecule is CCCC=COc1nc(Nc2ccc(N3CCOCC3)cc2)c2ncn(C3CCCCC3)c2n1.c1ccc2ccccc2c1. The molecule has 1 aliphatic carbocycles. The van der Waals surface area contributed by atoms with Crippen LogP contribution >= 0.6 is 0 Å². The van der Waals surface area contributed by atoms with E-state index in [1.807, 2.05) is 12.4 Å². The molecule has 0 unspecified atom stereocenters. The van der Waals surface area contributed by atoms with E-state index >= 15 is 0 Å². The third kappa shape index (κ3) is 7.37. The van der Waals surface area contributed by atoms with Crippen LogP contribution in [0, 0.1) is 0 Å². The van der Waals surface area contributed by atoms with E-state index < -0.39 is 0 Å². The van der Waals surface area contributed by atoms with Gasteiger partial charge in [-0.15, -0.1) is 0 Å². The molecular formula is C36H42N6O2. The van der Waals surface area contributed by atoms with Gasteiger partial charge in [-0.2, -0.15) is 9.97 Å². The Morgan fingerprint density at radius 1 is 0.886 bits per heavy atom. The Hall–Kier alpha value is -4.43. The number of rotatable bonds is 8. The molecule has 2 aliphatic rings. The van der Waals surface area contributed by atoms with Gasteiger partial charge in [0.05, 0.1) is 25.8 Å². The molecule has 2 fully saturated rings. The number of nitrogens with one attached hydrogen (secondary N) is 1. The number of hydrogen-bond donors (Lipinski definition) is 1. The highest BCUT2D eigenvalue weighted by atomic mass is 16.5. The fraction of sp³-hybridized carbons (Fsp3) is 0.361. The van der Waals surface area contributed by atoms with E-state index in [1.165, 1.54) is 35.7 Å². The maximum atomic E-state index is 5.80. The molecule has 3 aromatic carbocycles. The summed E-state index contributed by atoms with van der Waals surface area (Å²) in [5, 5.41) is 6.08. The predicted octanol–water partition coefficient (Wildman–Crippen LogP) is 8.44. The monoisotopic (exact) mass is 590 g/mol. The van der Waals surface area contributed by atoms with E-state index in [2.05, 4.69) is 99.5 Å². The molecule has 3 heterocycles. The smallest absolute Gasteiger partial charge is 0.325 e. The second-order valence-electron chi connectivity index (χ2n) is 11.4. The molecule has 1 saturated carbocycles. The first-order valence-corrected chi connectivity index (χ1v) is 16.0. The van der Waals surface area contributed by atoms with E-state index in [9.17, 15) is 0 Å². The zero-order chi connectivity index (χ0) is 30.0. The Kier molecular flexibility index (Phi) is 9.99. The first-order chi connectivity index (χ1) is 21.8. The average molecular weight is 591 g/mol. The van der Waals surface area contributed by atoms with Gasteiger partial charge < -0.3 is 24.3 Å². The number of unbranched alkanes of at least 4 members (excludes halogenated alkanes) is 1. The molecular weight excluding hydrogens is 548 g/mol. The van der Waals surface area contributed by atoms with Crippen molar-refractivity contribution in [3.8, 4) is 6.01 Å². The maximum Gasteiger partial charge on any atom is 0.325 e. The van der Waals surface area contributed by atoms with E-state index in [4.69, 9.17) is 19.4 Å². The molecule has 2 aromatic heterocycles. The number of fused-ring (bicyclic) bond motifs is 2. The van der Waals surface area contributed by atoms with Crippen LogP contribution in [0.2, 0.25) is 0 Å². The largest absolute Gasteiger partial charge is 0.433 e. The second-order valence-corrected chi connectivity index (χ2v) is 11.4.